The second-order valence-electron chi connectivity index (χ2n) is 4.42. The van der Waals surface area contributed by atoms with E-state index in [2.05, 4.69) is 5.32 Å². The van der Waals surface area contributed by atoms with Gasteiger partial charge in [-0.3, -0.25) is 9.69 Å². The zero-order valence-corrected chi connectivity index (χ0v) is 11.7. The molecule has 1 N–H and O–H groups in total. The number of hydrogen-bond donors (Lipinski definition) is 1. The fraction of sp³-hybridized carbons (Fsp3) is 0.308. The molecular weight excluding hydrogens is 303 g/mol. The van der Waals surface area contributed by atoms with Gasteiger partial charge in [0.2, 0.25) is 0 Å². The molecule has 0 radical (unpaired) electrons. The molecule has 1 saturated heterocycles. The smallest absolute Gasteiger partial charge is 0.350 e. The molecule has 1 aromatic rings. The molecule has 1 amide bonds. The summed E-state index contributed by atoms with van der Waals surface area (Å²) < 4.78 is 38.8. The second kappa shape index (κ2) is 5.33. The lowest BCUT2D eigenvalue weighted by atomic mass is 10.1. The third-order valence-corrected chi connectivity index (χ3v) is 3.42. The summed E-state index contributed by atoms with van der Waals surface area (Å²) in [6.07, 6.45) is -4.21. The number of benzene rings is 1. The van der Waals surface area contributed by atoms with Crippen LogP contribution in [0, 0.1) is 11.3 Å². The molecule has 1 unspecified atom stereocenters. The minimum atomic E-state index is -4.68. The largest absolute Gasteiger partial charge is 0.417 e. The third kappa shape index (κ3) is 2.69. The molecule has 0 aromatic heterocycles. The van der Waals surface area contributed by atoms with Crippen LogP contribution in [0.2, 0.25) is 0 Å². The zero-order chi connectivity index (χ0) is 15.8. The molecule has 2 rings (SSSR count). The van der Waals surface area contributed by atoms with Crippen molar-refractivity contribution in [3.8, 4) is 6.07 Å². The van der Waals surface area contributed by atoms with E-state index < -0.39 is 29.3 Å². The van der Waals surface area contributed by atoms with Crippen LogP contribution in [0.3, 0.4) is 0 Å². The maximum absolute atomic E-state index is 12.9. The van der Waals surface area contributed by atoms with Gasteiger partial charge in [-0.05, 0) is 36.8 Å². The van der Waals surface area contributed by atoms with Crippen molar-refractivity contribution in [3.05, 3.63) is 29.3 Å². The van der Waals surface area contributed by atoms with Crippen LogP contribution >= 0.6 is 12.2 Å². The Kier molecular flexibility index (Phi) is 3.87. The van der Waals surface area contributed by atoms with Crippen molar-refractivity contribution in [2.45, 2.75) is 25.6 Å². The van der Waals surface area contributed by atoms with Crippen LogP contribution < -0.4 is 10.2 Å². The molecule has 21 heavy (non-hydrogen) atoms. The SMILES string of the molecule is CCC1NC(=S)N(c2ccc(C#N)c(C(F)(F)F)c2)C1=O. The molecule has 1 aromatic carbocycles. The first-order valence-electron chi connectivity index (χ1n) is 6.05. The van der Waals surface area contributed by atoms with Gasteiger partial charge in [-0.25, -0.2) is 0 Å². The first-order chi connectivity index (χ1) is 9.79. The number of anilines is 1. The van der Waals surface area contributed by atoms with Crippen LogP contribution in [0.15, 0.2) is 18.2 Å². The zero-order valence-electron chi connectivity index (χ0n) is 10.9. The van der Waals surface area contributed by atoms with Crippen molar-refractivity contribution >= 4 is 28.9 Å². The number of nitriles is 1. The first-order valence-corrected chi connectivity index (χ1v) is 6.46. The minimum absolute atomic E-state index is 0.000208. The van der Waals surface area contributed by atoms with Crippen molar-refractivity contribution in [3.63, 3.8) is 0 Å². The Hall–Kier alpha value is -2.14. The lowest BCUT2D eigenvalue weighted by Crippen LogP contribution is -2.31. The van der Waals surface area contributed by atoms with E-state index in [9.17, 15) is 18.0 Å². The van der Waals surface area contributed by atoms with Crippen molar-refractivity contribution in [2.75, 3.05) is 4.90 Å². The molecular formula is C13H10F3N3OS. The number of nitrogens with one attached hydrogen (secondary N) is 1. The number of hydrogen-bond acceptors (Lipinski definition) is 3. The molecule has 1 atom stereocenters. The van der Waals surface area contributed by atoms with Crippen LogP contribution in [-0.2, 0) is 11.0 Å². The van der Waals surface area contributed by atoms with Gasteiger partial charge in [0, 0.05) is 0 Å². The Balaban J connectivity index is 2.50. The van der Waals surface area contributed by atoms with E-state index in [0.29, 0.717) is 6.42 Å². The number of halogens is 3. The van der Waals surface area contributed by atoms with Crippen molar-refractivity contribution in [2.24, 2.45) is 0 Å². The van der Waals surface area contributed by atoms with Crippen molar-refractivity contribution in [1.29, 1.82) is 5.26 Å². The molecule has 1 aliphatic rings. The maximum atomic E-state index is 12.9. The Morgan fingerprint density at radius 2 is 2.14 bits per heavy atom. The number of carbonyl (C=O) groups excluding carboxylic acids is 1. The van der Waals surface area contributed by atoms with E-state index in [4.69, 9.17) is 17.5 Å². The topological polar surface area (TPSA) is 56.1 Å². The average molecular weight is 313 g/mol. The summed E-state index contributed by atoms with van der Waals surface area (Å²) in [5, 5.41) is 11.6. The fourth-order valence-electron chi connectivity index (χ4n) is 2.06. The monoisotopic (exact) mass is 313 g/mol. The molecule has 0 aliphatic carbocycles. The highest BCUT2D eigenvalue weighted by molar-refractivity contribution is 7.80. The van der Waals surface area contributed by atoms with Crippen LogP contribution in [0.25, 0.3) is 0 Å². The lowest BCUT2D eigenvalue weighted by molar-refractivity contribution is -0.137. The van der Waals surface area contributed by atoms with Crippen LogP contribution in [-0.4, -0.2) is 17.1 Å². The van der Waals surface area contributed by atoms with E-state index in [-0.39, 0.29) is 10.8 Å². The van der Waals surface area contributed by atoms with E-state index in [1.165, 1.54) is 12.1 Å². The van der Waals surface area contributed by atoms with Gasteiger partial charge in [0.1, 0.15) is 6.04 Å². The summed E-state index contributed by atoms with van der Waals surface area (Å²) in [5.74, 6) is -0.402. The van der Waals surface area contributed by atoms with Gasteiger partial charge in [0.25, 0.3) is 5.91 Å². The molecule has 8 heteroatoms. The highest BCUT2D eigenvalue weighted by atomic mass is 32.1. The Labute approximate surface area is 124 Å². The van der Waals surface area contributed by atoms with Gasteiger partial charge in [-0.15, -0.1) is 0 Å². The summed E-state index contributed by atoms with van der Waals surface area (Å²) in [6, 6.07) is 4.03. The minimum Gasteiger partial charge on any atom is -0.350 e. The van der Waals surface area contributed by atoms with Crippen LogP contribution in [0.1, 0.15) is 24.5 Å². The lowest BCUT2D eigenvalue weighted by Gasteiger charge is -2.17. The van der Waals surface area contributed by atoms with Crippen molar-refractivity contribution in [1.82, 2.24) is 5.32 Å². The normalized spacial score (nSPS) is 18.6. The summed E-state index contributed by atoms with van der Waals surface area (Å²) >= 11 is 4.99. The molecule has 0 spiro atoms. The standard InChI is InChI=1S/C13H10F3N3OS/c1-2-10-11(20)19(12(21)18-10)8-4-3-7(6-17)9(5-8)13(14,15)16/h3-5,10H,2H2,1H3,(H,18,21). The summed E-state index contributed by atoms with van der Waals surface area (Å²) in [5.41, 5.74) is -1.58. The number of carbonyl (C=O) groups is 1. The Bertz CT molecular complexity index is 651. The molecule has 0 bridgehead atoms. The molecule has 0 saturated carbocycles. The molecule has 1 heterocycles. The molecule has 4 nitrogen and oxygen atoms in total. The van der Waals surface area contributed by atoms with Gasteiger partial charge in [-0.2, -0.15) is 18.4 Å². The van der Waals surface area contributed by atoms with Gasteiger partial charge in [0.15, 0.2) is 5.11 Å². The second-order valence-corrected chi connectivity index (χ2v) is 4.81. The van der Waals surface area contributed by atoms with E-state index in [0.717, 1.165) is 17.0 Å². The van der Waals surface area contributed by atoms with E-state index >= 15 is 0 Å². The fourth-order valence-corrected chi connectivity index (χ4v) is 2.39. The predicted octanol–water partition coefficient (Wildman–Crippen LogP) is 2.58. The van der Waals surface area contributed by atoms with Gasteiger partial charge in [0.05, 0.1) is 22.9 Å². The highest BCUT2D eigenvalue weighted by Gasteiger charge is 2.38. The van der Waals surface area contributed by atoms with Gasteiger partial charge >= 0.3 is 6.18 Å². The van der Waals surface area contributed by atoms with E-state index in [1.807, 2.05) is 0 Å². The summed E-state index contributed by atoms with van der Waals surface area (Å²) in [6.45, 7) is 1.77. The van der Waals surface area contributed by atoms with E-state index in [1.54, 1.807) is 6.92 Å². The summed E-state index contributed by atoms with van der Waals surface area (Å²) in [4.78, 5) is 13.1. The molecule has 1 fully saturated rings. The number of alkyl halides is 3. The van der Waals surface area contributed by atoms with Gasteiger partial charge in [-0.1, -0.05) is 6.92 Å². The maximum Gasteiger partial charge on any atom is 0.417 e. The van der Waals surface area contributed by atoms with Crippen LogP contribution in [0.4, 0.5) is 18.9 Å². The highest BCUT2D eigenvalue weighted by Crippen LogP contribution is 2.35. The summed E-state index contributed by atoms with van der Waals surface area (Å²) in [7, 11) is 0. The third-order valence-electron chi connectivity index (χ3n) is 3.11. The molecule has 110 valence electrons. The Morgan fingerprint density at radius 1 is 1.48 bits per heavy atom. The van der Waals surface area contributed by atoms with Crippen LogP contribution in [0.5, 0.6) is 0 Å². The Morgan fingerprint density at radius 3 is 2.62 bits per heavy atom. The van der Waals surface area contributed by atoms with Gasteiger partial charge < -0.3 is 5.32 Å². The first kappa shape index (κ1) is 15.3. The quantitative estimate of drug-likeness (QED) is 0.853. The average Bonchev–Trinajstić information content (AvgIpc) is 2.71. The number of amides is 1. The van der Waals surface area contributed by atoms with Crippen molar-refractivity contribution < 1.29 is 18.0 Å². The predicted molar refractivity (Wildman–Crippen MR) is 73.5 cm³/mol. The molecule has 1 aliphatic heterocycles. The number of rotatable bonds is 2. The number of nitrogens with zero attached hydrogens (tertiary/aromatic N) is 2. The number of thiocarbonyl (C=S) groups is 1.